The van der Waals surface area contributed by atoms with Gasteiger partial charge in [0.2, 0.25) is 10.0 Å². The summed E-state index contributed by atoms with van der Waals surface area (Å²) in [6.07, 6.45) is 12.3. The van der Waals surface area contributed by atoms with Crippen LogP contribution >= 0.6 is 10.7 Å². The Morgan fingerprint density at radius 3 is 1.62 bits per heavy atom. The molecule has 336 valence electrons. The van der Waals surface area contributed by atoms with Crippen LogP contribution in [-0.4, -0.2) is 123 Å². The molecule has 6 aromatic heterocycles. The molecule has 3 N–H and O–H groups in total. The van der Waals surface area contributed by atoms with Crippen molar-refractivity contribution in [3.8, 4) is 0 Å². The van der Waals surface area contributed by atoms with Gasteiger partial charge in [-0.25, -0.2) is 35.8 Å². The molecule has 4 atom stereocenters. The summed E-state index contributed by atoms with van der Waals surface area (Å²) in [5.74, 6) is 3.88. The van der Waals surface area contributed by atoms with Gasteiger partial charge < -0.3 is 24.8 Å². The number of H-pyrrole nitrogens is 2. The normalized spacial score (nSPS) is 22.7. The first-order chi connectivity index (χ1) is 30.3. The fourth-order valence-electron chi connectivity index (χ4n) is 8.46. The second kappa shape index (κ2) is 19.0. The minimum absolute atomic E-state index is 0.0119. The maximum Gasteiger partial charge on any atom is 0.276 e. The van der Waals surface area contributed by atoms with Crippen molar-refractivity contribution >= 4 is 40.8 Å². The van der Waals surface area contributed by atoms with Crippen molar-refractivity contribution in [3.63, 3.8) is 0 Å². The minimum Gasteiger partial charge on any atom is -0.381 e. The van der Waals surface area contributed by atoms with E-state index in [0.29, 0.717) is 48.5 Å². The van der Waals surface area contributed by atoms with E-state index in [4.69, 9.17) is 30.4 Å². The Bertz CT molecular complexity index is 2870. The third-order valence-electron chi connectivity index (χ3n) is 12.1. The molecule has 10 rings (SSSR count). The minimum atomic E-state index is -3.66. The maximum absolute atomic E-state index is 13.0. The molecule has 23 heteroatoms. The van der Waals surface area contributed by atoms with E-state index in [1.54, 1.807) is 33.7 Å². The predicted octanol–water partition coefficient (Wildman–Crippen LogP) is 2.77. The van der Waals surface area contributed by atoms with Gasteiger partial charge >= 0.3 is 0 Å². The zero-order valence-corrected chi connectivity index (χ0v) is 37.1. The first kappa shape index (κ1) is 44.6. The van der Waals surface area contributed by atoms with Crippen molar-refractivity contribution in [1.82, 2.24) is 58.8 Å². The standard InChI is InChI=1S/C20H24N6O4S.C15H21N5O2.C5H4ClNO2S/c1-13-11-25(31(28,29)15-3-2-6-21-9-15)12-16(13)18-23-20(27)17-10-22-19(26(17)24-18)14-4-7-30-8-5-14;1-9-6-16-7-11(9)13-18-15(21)12-8-17-14(20(12)19-13)10-2-4-22-5-3-10;6-10(8,9)5-2-1-3-7-4-5/h2-3,6,9-10,13-14,16H,4-5,7-8,11-12H2,1H3,(H,23,24,27);8-11,16H,2-7H2,1H3,(H,18,19,21);1-4H. The molecule has 6 aromatic rings. The number of halogens is 1. The second-order valence-electron chi connectivity index (χ2n) is 16.2. The Hall–Kier alpha value is -4.97. The lowest BCUT2D eigenvalue weighted by atomic mass is 9.97. The van der Waals surface area contributed by atoms with Gasteiger partial charge in [0.1, 0.15) is 33.1 Å². The molecule has 0 aliphatic carbocycles. The summed E-state index contributed by atoms with van der Waals surface area (Å²) in [6.45, 7) is 9.39. The SMILES string of the molecule is CC1CN(S(=O)(=O)c2cccnc2)CC1c1nn2c(C3CCOCC3)ncc2c(=O)[nH]1.CC1CNCC1c1nn2c(C3CCOCC3)ncc2c(=O)[nH]1.O=S(=O)(Cl)c1cccnc1. The van der Waals surface area contributed by atoms with Crippen molar-refractivity contribution in [2.24, 2.45) is 11.8 Å². The summed E-state index contributed by atoms with van der Waals surface area (Å²) in [7, 11) is -2.26. The number of hydrogen-bond acceptors (Lipinski definition) is 15. The lowest BCUT2D eigenvalue weighted by molar-refractivity contribution is 0.0831. The van der Waals surface area contributed by atoms with E-state index in [-0.39, 0.29) is 51.1 Å². The number of sulfonamides is 1. The molecule has 0 spiro atoms. The zero-order valence-electron chi connectivity index (χ0n) is 34.7. The molecular weight excluding hydrogens is 876 g/mol. The topological polar surface area (TPSA) is 254 Å². The zero-order chi connectivity index (χ0) is 44.3. The van der Waals surface area contributed by atoms with Crippen molar-refractivity contribution < 1.29 is 26.3 Å². The first-order valence-corrected chi connectivity index (χ1v) is 24.6. The fourth-order valence-corrected chi connectivity index (χ4v) is 10.7. The number of aromatic nitrogens is 10. The highest BCUT2D eigenvalue weighted by atomic mass is 35.7. The van der Waals surface area contributed by atoms with Crippen molar-refractivity contribution in [2.75, 3.05) is 52.6 Å². The largest absolute Gasteiger partial charge is 0.381 e. The van der Waals surface area contributed by atoms with E-state index in [1.165, 1.54) is 41.1 Å². The Morgan fingerprint density at radius 1 is 0.667 bits per heavy atom. The summed E-state index contributed by atoms with van der Waals surface area (Å²) in [5, 5.41) is 12.8. The molecule has 10 heterocycles. The summed E-state index contributed by atoms with van der Waals surface area (Å²) in [6, 6.07) is 6.04. The van der Waals surface area contributed by atoms with E-state index in [1.807, 2.05) is 6.92 Å². The number of imidazole rings is 2. The number of nitrogens with one attached hydrogen (secondary N) is 3. The third-order valence-corrected chi connectivity index (χ3v) is 15.2. The van der Waals surface area contributed by atoms with Crippen LogP contribution in [0, 0.1) is 11.8 Å². The highest BCUT2D eigenvalue weighted by molar-refractivity contribution is 8.13. The monoisotopic (exact) mass is 924 g/mol. The molecule has 0 aromatic carbocycles. The average molecular weight is 925 g/mol. The second-order valence-corrected chi connectivity index (χ2v) is 20.7. The summed E-state index contributed by atoms with van der Waals surface area (Å²) in [5.41, 5.74) is 0.561. The molecule has 4 fully saturated rings. The Kier molecular flexibility index (Phi) is 13.5. The average Bonchev–Trinajstić information content (AvgIpc) is 4.11. The highest BCUT2D eigenvalue weighted by Gasteiger charge is 2.40. The third kappa shape index (κ3) is 9.76. The molecule has 4 unspecified atom stereocenters. The van der Waals surface area contributed by atoms with Crippen LogP contribution < -0.4 is 16.4 Å². The quantitative estimate of drug-likeness (QED) is 0.195. The van der Waals surface area contributed by atoms with Gasteiger partial charge in [0.05, 0.1) is 12.4 Å². The van der Waals surface area contributed by atoms with E-state index < -0.39 is 19.1 Å². The van der Waals surface area contributed by atoms with Gasteiger partial charge in [-0.3, -0.25) is 19.6 Å². The van der Waals surface area contributed by atoms with Crippen LogP contribution in [0.3, 0.4) is 0 Å². The molecule has 0 amide bonds. The number of rotatable bonds is 7. The van der Waals surface area contributed by atoms with Gasteiger partial charge in [-0.15, -0.1) is 0 Å². The maximum atomic E-state index is 13.0. The van der Waals surface area contributed by atoms with Crippen LogP contribution in [0.1, 0.15) is 86.5 Å². The lowest BCUT2D eigenvalue weighted by Gasteiger charge is -2.21. The van der Waals surface area contributed by atoms with Gasteiger partial charge in [0, 0.05) is 105 Å². The van der Waals surface area contributed by atoms with Gasteiger partial charge in [0.25, 0.3) is 20.2 Å². The molecule has 0 saturated carbocycles. The number of pyridine rings is 2. The number of aromatic amines is 2. The van der Waals surface area contributed by atoms with Gasteiger partial charge in [0.15, 0.2) is 11.0 Å². The number of fused-ring (bicyclic) bond motifs is 2. The summed E-state index contributed by atoms with van der Waals surface area (Å²) < 4.78 is 62.9. The Morgan fingerprint density at radius 2 is 1.17 bits per heavy atom. The van der Waals surface area contributed by atoms with Gasteiger partial charge in [-0.2, -0.15) is 14.5 Å². The van der Waals surface area contributed by atoms with Crippen molar-refractivity contribution in [2.45, 2.75) is 73.0 Å². The van der Waals surface area contributed by atoms with E-state index in [9.17, 15) is 26.4 Å². The molecule has 63 heavy (non-hydrogen) atoms. The first-order valence-electron chi connectivity index (χ1n) is 20.9. The van der Waals surface area contributed by atoms with Crippen LogP contribution in [0.25, 0.3) is 11.0 Å². The molecule has 0 bridgehead atoms. The van der Waals surface area contributed by atoms with Crippen LogP contribution in [0.4, 0.5) is 0 Å². The summed E-state index contributed by atoms with van der Waals surface area (Å²) >= 11 is 0. The van der Waals surface area contributed by atoms with E-state index in [2.05, 4.69) is 42.1 Å². The summed E-state index contributed by atoms with van der Waals surface area (Å²) in [4.78, 5) is 47.6. The number of hydrogen-bond donors (Lipinski definition) is 3. The smallest absolute Gasteiger partial charge is 0.276 e. The fraction of sp³-hybridized carbons (Fsp3) is 0.500. The van der Waals surface area contributed by atoms with E-state index >= 15 is 0 Å². The lowest BCUT2D eigenvalue weighted by Crippen LogP contribution is -2.29. The Balaban J connectivity index is 0.000000147. The molecule has 4 saturated heterocycles. The molecule has 20 nitrogen and oxygen atoms in total. The predicted molar refractivity (Wildman–Crippen MR) is 230 cm³/mol. The highest BCUT2D eigenvalue weighted by Crippen LogP contribution is 2.34. The molecular formula is C40H49ClN12O8S2. The molecule has 4 aliphatic heterocycles. The molecule has 0 radical (unpaired) electrons. The van der Waals surface area contributed by atoms with Crippen LogP contribution in [0.15, 0.2) is 80.8 Å². The van der Waals surface area contributed by atoms with Crippen LogP contribution in [0.2, 0.25) is 0 Å². The van der Waals surface area contributed by atoms with E-state index in [0.717, 1.165) is 69.5 Å². The number of ether oxygens (including phenoxy) is 2. The van der Waals surface area contributed by atoms with Crippen LogP contribution in [-0.2, 0) is 28.5 Å². The van der Waals surface area contributed by atoms with Crippen molar-refractivity contribution in [1.29, 1.82) is 0 Å². The van der Waals surface area contributed by atoms with Crippen LogP contribution in [0.5, 0.6) is 0 Å². The number of nitrogens with zero attached hydrogens (tertiary/aromatic N) is 9. The molecule has 4 aliphatic rings. The Labute approximate surface area is 367 Å². The van der Waals surface area contributed by atoms with Gasteiger partial charge in [-0.1, -0.05) is 13.8 Å². The van der Waals surface area contributed by atoms with Gasteiger partial charge in [-0.05, 0) is 68.3 Å². The van der Waals surface area contributed by atoms with Crippen molar-refractivity contribution in [3.05, 3.63) is 105 Å².